The molecule has 1 amide bonds. The third-order valence-electron chi connectivity index (χ3n) is 4.75. The maximum atomic E-state index is 14.1. The number of carbonyl (C=O) groups excluding carboxylic acids is 1. The van der Waals surface area contributed by atoms with Gasteiger partial charge in [0, 0.05) is 13.3 Å². The number of nitriles is 1. The summed E-state index contributed by atoms with van der Waals surface area (Å²) in [5.74, 6) is -1.23. The SMILES string of the molecule is C=C/C=N\N(C)c1ncc(NC(=O)c2cnn(-c3cccc4nc(N)nn34)c2C(F)(F)F)cc1C#N. The molecule has 4 aromatic heterocycles. The Balaban J connectivity index is 1.72. The van der Waals surface area contributed by atoms with Gasteiger partial charge in [-0.05, 0) is 24.3 Å². The van der Waals surface area contributed by atoms with E-state index in [-0.39, 0.29) is 34.5 Å². The molecule has 0 saturated carbocycles. The van der Waals surface area contributed by atoms with Crippen LogP contribution in [-0.4, -0.2) is 48.5 Å². The normalized spacial score (nSPS) is 11.5. The van der Waals surface area contributed by atoms with Gasteiger partial charge in [-0.25, -0.2) is 14.7 Å². The summed E-state index contributed by atoms with van der Waals surface area (Å²) in [4.78, 5) is 20.9. The van der Waals surface area contributed by atoms with Gasteiger partial charge in [-0.3, -0.25) is 4.79 Å². The van der Waals surface area contributed by atoms with Crippen molar-refractivity contribution < 1.29 is 18.0 Å². The van der Waals surface area contributed by atoms with E-state index >= 15 is 0 Å². The van der Waals surface area contributed by atoms with Crippen molar-refractivity contribution in [3.05, 3.63) is 66.1 Å². The number of hydrazone groups is 1. The first-order chi connectivity index (χ1) is 17.1. The Morgan fingerprint density at radius 3 is 2.83 bits per heavy atom. The van der Waals surface area contributed by atoms with E-state index in [1.54, 1.807) is 0 Å². The Morgan fingerprint density at radius 2 is 2.14 bits per heavy atom. The van der Waals surface area contributed by atoms with Gasteiger partial charge in [0.1, 0.15) is 6.07 Å². The smallest absolute Gasteiger partial charge is 0.366 e. The maximum Gasteiger partial charge on any atom is 0.434 e. The summed E-state index contributed by atoms with van der Waals surface area (Å²) in [6.45, 7) is 3.50. The highest BCUT2D eigenvalue weighted by atomic mass is 19.4. The molecule has 0 aliphatic rings. The molecule has 12 nitrogen and oxygen atoms in total. The summed E-state index contributed by atoms with van der Waals surface area (Å²) in [7, 11) is 1.54. The van der Waals surface area contributed by atoms with Crippen molar-refractivity contribution in [2.75, 3.05) is 23.1 Å². The van der Waals surface area contributed by atoms with E-state index < -0.39 is 23.3 Å². The summed E-state index contributed by atoms with van der Waals surface area (Å²) in [6, 6.07) is 7.44. The molecule has 4 heterocycles. The van der Waals surface area contributed by atoms with E-state index in [2.05, 4.69) is 37.2 Å². The predicted octanol–water partition coefficient (Wildman–Crippen LogP) is 2.64. The second kappa shape index (κ2) is 9.18. The summed E-state index contributed by atoms with van der Waals surface area (Å²) < 4.78 is 43.9. The number of pyridine rings is 2. The monoisotopic (exact) mass is 495 g/mol. The van der Waals surface area contributed by atoms with E-state index in [1.165, 1.54) is 54.8 Å². The average Bonchev–Trinajstić information content (AvgIpc) is 3.45. The van der Waals surface area contributed by atoms with Crippen LogP contribution < -0.4 is 16.1 Å². The molecule has 0 spiro atoms. The number of hydrogen-bond acceptors (Lipinski definition) is 9. The number of nitrogen functional groups attached to an aromatic ring is 1. The molecule has 0 saturated heterocycles. The van der Waals surface area contributed by atoms with E-state index in [0.29, 0.717) is 4.68 Å². The number of nitrogens with zero attached hydrogens (tertiary/aromatic N) is 9. The van der Waals surface area contributed by atoms with Crippen molar-refractivity contribution in [3.8, 4) is 11.9 Å². The van der Waals surface area contributed by atoms with Crippen molar-refractivity contribution in [3.63, 3.8) is 0 Å². The molecule has 3 N–H and O–H groups in total. The Hall–Kier alpha value is -5.26. The molecule has 0 radical (unpaired) electrons. The zero-order valence-electron chi connectivity index (χ0n) is 18.5. The number of hydrogen-bond donors (Lipinski definition) is 2. The van der Waals surface area contributed by atoms with Crippen molar-refractivity contribution in [2.24, 2.45) is 5.10 Å². The molecule has 4 aromatic rings. The second-order valence-electron chi connectivity index (χ2n) is 7.13. The Bertz CT molecular complexity index is 1540. The predicted molar refractivity (Wildman–Crippen MR) is 124 cm³/mol. The Labute approximate surface area is 200 Å². The van der Waals surface area contributed by atoms with E-state index in [0.717, 1.165) is 10.7 Å². The molecule has 0 aliphatic heterocycles. The fraction of sp³-hybridized carbons (Fsp3) is 0.0952. The molecule has 0 atom stereocenters. The van der Waals surface area contributed by atoms with Crippen LogP contribution in [0, 0.1) is 11.3 Å². The number of alkyl halides is 3. The Kier molecular flexibility index (Phi) is 6.09. The lowest BCUT2D eigenvalue weighted by molar-refractivity contribution is -0.143. The summed E-state index contributed by atoms with van der Waals surface area (Å²) in [6.07, 6.45) is -0.202. The van der Waals surface area contributed by atoms with Gasteiger partial charge in [-0.2, -0.15) is 38.1 Å². The molecule has 0 fully saturated rings. The minimum Gasteiger partial charge on any atom is -0.366 e. The average molecular weight is 495 g/mol. The number of carbonyl (C=O) groups is 1. The Morgan fingerprint density at radius 1 is 1.36 bits per heavy atom. The molecular weight excluding hydrogens is 479 g/mol. The summed E-state index contributed by atoms with van der Waals surface area (Å²) in [5, 5.41) is 24.7. The molecule has 0 aromatic carbocycles. The number of amides is 1. The molecule has 0 aliphatic carbocycles. The van der Waals surface area contributed by atoms with Gasteiger partial charge in [0.2, 0.25) is 5.95 Å². The molecule has 15 heteroatoms. The van der Waals surface area contributed by atoms with Crippen molar-refractivity contribution in [1.29, 1.82) is 5.26 Å². The highest BCUT2D eigenvalue weighted by Crippen LogP contribution is 2.34. The minimum absolute atomic E-state index is 0.00609. The summed E-state index contributed by atoms with van der Waals surface area (Å²) in [5.41, 5.74) is 3.68. The van der Waals surface area contributed by atoms with Gasteiger partial charge in [-0.1, -0.05) is 12.6 Å². The van der Waals surface area contributed by atoms with Crippen LogP contribution in [0.2, 0.25) is 0 Å². The van der Waals surface area contributed by atoms with E-state index in [1.807, 2.05) is 6.07 Å². The van der Waals surface area contributed by atoms with Gasteiger partial charge in [-0.15, -0.1) is 5.10 Å². The number of nitrogens with two attached hydrogens (primary N) is 1. The lowest BCUT2D eigenvalue weighted by Crippen LogP contribution is -2.22. The van der Waals surface area contributed by atoms with Gasteiger partial charge in [0.25, 0.3) is 5.91 Å². The molecular formula is C21H16F3N11O. The van der Waals surface area contributed by atoms with Crippen LogP contribution in [0.3, 0.4) is 0 Å². The quantitative estimate of drug-likeness (QED) is 0.305. The summed E-state index contributed by atoms with van der Waals surface area (Å²) >= 11 is 0. The van der Waals surface area contributed by atoms with Crippen LogP contribution in [0.5, 0.6) is 0 Å². The first-order valence-corrected chi connectivity index (χ1v) is 10.0. The van der Waals surface area contributed by atoms with Crippen LogP contribution in [-0.2, 0) is 6.18 Å². The number of halogens is 3. The molecule has 0 bridgehead atoms. The van der Waals surface area contributed by atoms with Gasteiger partial charge < -0.3 is 11.1 Å². The molecule has 0 unspecified atom stereocenters. The zero-order chi connectivity index (χ0) is 26.0. The number of aromatic nitrogens is 6. The first kappa shape index (κ1) is 23.9. The highest BCUT2D eigenvalue weighted by molar-refractivity contribution is 6.05. The standard InChI is InChI=1S/C21H16F3N11O/c1-3-7-28-33(2)18-12(9-25)8-13(10-27-18)30-19(36)14-11-29-35(17(14)21(22,23)24)16-6-4-5-15-31-20(26)32-34(15)16/h3-8,10-11H,1H2,2H3,(H2,26,32)(H,30,36)/b28-7-. The van der Waals surface area contributed by atoms with Gasteiger partial charge in [0.05, 0.1) is 29.2 Å². The number of fused-ring (bicyclic) bond motifs is 1. The third kappa shape index (κ3) is 4.42. The number of allylic oxidation sites excluding steroid dienone is 1. The van der Waals surface area contributed by atoms with Crippen LogP contribution in [0.25, 0.3) is 11.5 Å². The zero-order valence-corrected chi connectivity index (χ0v) is 18.5. The van der Waals surface area contributed by atoms with Crippen molar-refractivity contribution in [2.45, 2.75) is 6.18 Å². The second-order valence-corrected chi connectivity index (χ2v) is 7.13. The first-order valence-electron chi connectivity index (χ1n) is 10.0. The van der Waals surface area contributed by atoms with Crippen molar-refractivity contribution in [1.82, 2.24) is 29.4 Å². The van der Waals surface area contributed by atoms with Gasteiger partial charge >= 0.3 is 6.18 Å². The fourth-order valence-electron chi connectivity index (χ4n) is 3.30. The van der Waals surface area contributed by atoms with Crippen molar-refractivity contribution >= 4 is 35.2 Å². The molecule has 182 valence electrons. The topological polar surface area (TPSA) is 155 Å². The number of anilines is 3. The third-order valence-corrected chi connectivity index (χ3v) is 4.75. The minimum atomic E-state index is -4.97. The van der Waals surface area contributed by atoms with Crippen LogP contribution >= 0.6 is 0 Å². The largest absolute Gasteiger partial charge is 0.434 e. The lowest BCUT2D eigenvalue weighted by atomic mass is 10.2. The lowest BCUT2D eigenvalue weighted by Gasteiger charge is -2.15. The maximum absolute atomic E-state index is 14.1. The van der Waals surface area contributed by atoms with Crippen LogP contribution in [0.15, 0.2) is 54.4 Å². The molecule has 36 heavy (non-hydrogen) atoms. The van der Waals surface area contributed by atoms with Crippen LogP contribution in [0.1, 0.15) is 21.6 Å². The molecule has 4 rings (SSSR count). The van der Waals surface area contributed by atoms with E-state index in [4.69, 9.17) is 5.73 Å². The highest BCUT2D eigenvalue weighted by Gasteiger charge is 2.41. The number of nitrogens with one attached hydrogen (secondary N) is 1. The fourth-order valence-corrected chi connectivity index (χ4v) is 3.30. The van der Waals surface area contributed by atoms with E-state index in [9.17, 15) is 23.2 Å². The number of rotatable bonds is 6. The van der Waals surface area contributed by atoms with Crippen LogP contribution in [0.4, 0.5) is 30.6 Å². The van der Waals surface area contributed by atoms with Gasteiger partial charge in [0.15, 0.2) is 23.0 Å².